The van der Waals surface area contributed by atoms with Crippen LogP contribution < -0.4 is 14.2 Å². The van der Waals surface area contributed by atoms with Gasteiger partial charge < -0.3 is 23.2 Å². The number of carbonyl (C=O) groups excluding carboxylic acids is 2. The quantitative estimate of drug-likeness (QED) is 0.353. The first-order chi connectivity index (χ1) is 14.0. The number of Topliss-reactive ketones (excluding diaryl/α,β-unsaturated/α-hetero) is 1. The molecular weight excluding hydrogens is 378 g/mol. The van der Waals surface area contributed by atoms with E-state index in [2.05, 4.69) is 5.16 Å². The van der Waals surface area contributed by atoms with Crippen molar-refractivity contribution in [2.45, 2.75) is 19.8 Å². The fraction of sp³-hybridized carbons (Fsp3) is 0.190. The SMILES string of the molecule is COc1cc(CCC(=O)Oc2ccc3c(c2)O/C(=C\c2ccc(C)o2)C3=O)on1. The van der Waals surface area contributed by atoms with E-state index < -0.39 is 5.97 Å². The average molecular weight is 395 g/mol. The van der Waals surface area contributed by atoms with Gasteiger partial charge in [-0.15, -0.1) is 0 Å². The lowest BCUT2D eigenvalue weighted by atomic mass is 10.1. The number of aryl methyl sites for hydroxylation is 2. The first kappa shape index (κ1) is 18.5. The lowest BCUT2D eigenvalue weighted by molar-refractivity contribution is -0.134. The predicted molar refractivity (Wildman–Crippen MR) is 99.8 cm³/mol. The third-order valence-corrected chi connectivity index (χ3v) is 4.23. The Morgan fingerprint density at radius 3 is 2.79 bits per heavy atom. The van der Waals surface area contributed by atoms with E-state index in [0.717, 1.165) is 5.76 Å². The Kier molecular flexibility index (Phi) is 4.90. The van der Waals surface area contributed by atoms with Crippen LogP contribution in [-0.2, 0) is 11.2 Å². The maximum Gasteiger partial charge on any atom is 0.311 e. The molecule has 8 nitrogen and oxygen atoms in total. The van der Waals surface area contributed by atoms with Gasteiger partial charge in [-0.3, -0.25) is 9.59 Å². The van der Waals surface area contributed by atoms with Crippen molar-refractivity contribution in [1.29, 1.82) is 0 Å². The number of hydrogen-bond donors (Lipinski definition) is 0. The third kappa shape index (κ3) is 4.06. The highest BCUT2D eigenvalue weighted by Gasteiger charge is 2.28. The molecule has 0 saturated carbocycles. The topological polar surface area (TPSA) is 101 Å². The number of esters is 1. The molecule has 8 heteroatoms. The van der Waals surface area contributed by atoms with E-state index in [4.69, 9.17) is 23.2 Å². The van der Waals surface area contributed by atoms with E-state index in [1.54, 1.807) is 30.3 Å². The summed E-state index contributed by atoms with van der Waals surface area (Å²) in [5, 5.41) is 3.67. The van der Waals surface area contributed by atoms with Gasteiger partial charge in [-0.1, -0.05) is 0 Å². The Labute approximate surface area is 165 Å². The van der Waals surface area contributed by atoms with Crippen LogP contribution in [0.2, 0.25) is 0 Å². The second-order valence-corrected chi connectivity index (χ2v) is 6.36. The van der Waals surface area contributed by atoms with E-state index in [9.17, 15) is 9.59 Å². The van der Waals surface area contributed by atoms with Crippen molar-refractivity contribution in [3.8, 4) is 17.4 Å². The molecule has 3 aromatic rings. The van der Waals surface area contributed by atoms with E-state index in [1.165, 1.54) is 19.3 Å². The Morgan fingerprint density at radius 1 is 1.21 bits per heavy atom. The van der Waals surface area contributed by atoms with E-state index >= 15 is 0 Å². The molecule has 0 saturated heterocycles. The van der Waals surface area contributed by atoms with Gasteiger partial charge in [-0.25, -0.2) is 0 Å². The van der Waals surface area contributed by atoms with E-state index in [1.807, 2.05) is 6.92 Å². The molecule has 0 spiro atoms. The number of furan rings is 1. The third-order valence-electron chi connectivity index (χ3n) is 4.23. The maximum absolute atomic E-state index is 12.5. The molecule has 0 radical (unpaired) electrons. The molecule has 0 fully saturated rings. The number of nitrogens with zero attached hydrogens (tertiary/aromatic N) is 1. The van der Waals surface area contributed by atoms with Crippen LogP contribution in [0.3, 0.4) is 0 Å². The lowest BCUT2D eigenvalue weighted by Crippen LogP contribution is -2.08. The van der Waals surface area contributed by atoms with Crippen LogP contribution in [0.1, 0.15) is 34.1 Å². The summed E-state index contributed by atoms with van der Waals surface area (Å²) < 4.78 is 26.3. The van der Waals surface area contributed by atoms with E-state index in [0.29, 0.717) is 35.1 Å². The molecule has 0 atom stereocenters. The molecule has 148 valence electrons. The smallest absolute Gasteiger partial charge is 0.311 e. The summed E-state index contributed by atoms with van der Waals surface area (Å²) in [6.45, 7) is 1.81. The number of ether oxygens (including phenoxy) is 3. The molecule has 1 aliphatic rings. The van der Waals surface area contributed by atoms with Crippen molar-refractivity contribution >= 4 is 17.8 Å². The minimum atomic E-state index is -0.452. The largest absolute Gasteiger partial charge is 0.479 e. The van der Waals surface area contributed by atoms with Crippen molar-refractivity contribution in [2.24, 2.45) is 0 Å². The summed E-state index contributed by atoms with van der Waals surface area (Å²) >= 11 is 0. The van der Waals surface area contributed by atoms with Crippen LogP contribution >= 0.6 is 0 Å². The Hall–Kier alpha value is -3.81. The molecule has 0 aliphatic carbocycles. The van der Waals surface area contributed by atoms with Crippen molar-refractivity contribution in [1.82, 2.24) is 5.16 Å². The number of fused-ring (bicyclic) bond motifs is 1. The van der Waals surface area contributed by atoms with Crippen LogP contribution in [0.4, 0.5) is 0 Å². The summed E-state index contributed by atoms with van der Waals surface area (Å²) in [6, 6.07) is 9.78. The second-order valence-electron chi connectivity index (χ2n) is 6.36. The molecule has 4 rings (SSSR count). The number of aromatic nitrogens is 1. The van der Waals surface area contributed by atoms with Crippen LogP contribution in [0.25, 0.3) is 6.08 Å². The monoisotopic (exact) mass is 395 g/mol. The number of rotatable bonds is 6. The first-order valence-electron chi connectivity index (χ1n) is 8.87. The standard InChI is InChI=1S/C21H17NO7/c1-12-3-4-13(26-12)10-18-21(24)16-7-5-14(9-17(16)28-18)27-20(23)8-6-15-11-19(25-2)22-29-15/h3-5,7,9-11H,6,8H2,1-2H3/b18-10-. The van der Waals surface area contributed by atoms with Crippen LogP contribution in [0, 0.1) is 6.92 Å². The van der Waals surface area contributed by atoms with Crippen LogP contribution in [0.5, 0.6) is 17.4 Å². The molecule has 0 amide bonds. The first-order valence-corrected chi connectivity index (χ1v) is 8.87. The van der Waals surface area contributed by atoms with Crippen LogP contribution in [0.15, 0.2) is 51.1 Å². The number of carbonyl (C=O) groups is 2. The fourth-order valence-electron chi connectivity index (χ4n) is 2.81. The highest BCUT2D eigenvalue weighted by Crippen LogP contribution is 2.35. The molecule has 0 N–H and O–H groups in total. The fourth-order valence-corrected chi connectivity index (χ4v) is 2.81. The average Bonchev–Trinajstić information content (AvgIpc) is 3.40. The lowest BCUT2D eigenvalue weighted by Gasteiger charge is -2.05. The molecule has 1 aliphatic heterocycles. The van der Waals surface area contributed by atoms with Gasteiger partial charge in [0.1, 0.15) is 28.8 Å². The van der Waals surface area contributed by atoms with Crippen molar-refractivity contribution in [3.63, 3.8) is 0 Å². The number of ketones is 1. The number of allylic oxidation sites excluding steroid dienone is 1. The zero-order valence-corrected chi connectivity index (χ0v) is 15.8. The van der Waals surface area contributed by atoms with Gasteiger partial charge in [0.2, 0.25) is 5.78 Å². The molecule has 29 heavy (non-hydrogen) atoms. The number of benzene rings is 1. The highest BCUT2D eigenvalue weighted by atomic mass is 16.5. The van der Waals surface area contributed by atoms with Gasteiger partial charge in [-0.2, -0.15) is 0 Å². The minimum Gasteiger partial charge on any atom is -0.479 e. The van der Waals surface area contributed by atoms with Gasteiger partial charge in [0.05, 0.1) is 19.1 Å². The van der Waals surface area contributed by atoms with Crippen molar-refractivity contribution < 1.29 is 32.7 Å². The van der Waals surface area contributed by atoms with Crippen LogP contribution in [-0.4, -0.2) is 24.0 Å². The van der Waals surface area contributed by atoms with Gasteiger partial charge in [0.25, 0.3) is 5.88 Å². The molecule has 0 bridgehead atoms. The summed E-state index contributed by atoms with van der Waals surface area (Å²) in [5.41, 5.74) is 0.396. The van der Waals surface area contributed by atoms with Gasteiger partial charge >= 0.3 is 5.97 Å². The van der Waals surface area contributed by atoms with E-state index in [-0.39, 0.29) is 23.7 Å². The zero-order chi connectivity index (χ0) is 20.4. The Morgan fingerprint density at radius 2 is 2.07 bits per heavy atom. The van der Waals surface area contributed by atoms with Gasteiger partial charge in [0.15, 0.2) is 5.76 Å². The summed E-state index contributed by atoms with van der Waals surface area (Å²) in [5.74, 6) is 2.18. The number of hydrogen-bond acceptors (Lipinski definition) is 8. The van der Waals surface area contributed by atoms with Gasteiger partial charge in [0, 0.05) is 24.6 Å². The zero-order valence-electron chi connectivity index (χ0n) is 15.8. The highest BCUT2D eigenvalue weighted by molar-refractivity contribution is 6.14. The Bertz CT molecular complexity index is 1110. The molecule has 3 heterocycles. The molecule has 1 aromatic carbocycles. The molecule has 2 aromatic heterocycles. The predicted octanol–water partition coefficient (Wildman–Crippen LogP) is 3.74. The maximum atomic E-state index is 12.5. The second kappa shape index (κ2) is 7.67. The normalized spacial score (nSPS) is 14.0. The summed E-state index contributed by atoms with van der Waals surface area (Å²) in [6.07, 6.45) is 1.95. The minimum absolute atomic E-state index is 0.0955. The number of methoxy groups -OCH3 is 1. The summed E-state index contributed by atoms with van der Waals surface area (Å²) in [4.78, 5) is 24.5. The Balaban J connectivity index is 1.40. The molecule has 0 unspecified atom stereocenters. The van der Waals surface area contributed by atoms with Crippen molar-refractivity contribution in [2.75, 3.05) is 7.11 Å². The molecular formula is C21H17NO7. The summed E-state index contributed by atoms with van der Waals surface area (Å²) in [7, 11) is 1.48. The van der Waals surface area contributed by atoms with Gasteiger partial charge in [-0.05, 0) is 36.3 Å². The van der Waals surface area contributed by atoms with Crippen molar-refractivity contribution in [3.05, 3.63) is 65.0 Å².